The van der Waals surface area contributed by atoms with Crippen LogP contribution in [0.15, 0.2) is 102 Å². The van der Waals surface area contributed by atoms with Gasteiger partial charge in [-0.1, -0.05) is 84.4 Å². The van der Waals surface area contributed by atoms with Crippen LogP contribution in [-0.2, 0) is 12.7 Å². The van der Waals surface area contributed by atoms with Crippen molar-refractivity contribution in [2.45, 2.75) is 25.1 Å². The number of carbonyl (C=O) groups is 1. The van der Waals surface area contributed by atoms with Crippen molar-refractivity contribution in [2.75, 3.05) is 19.7 Å². The van der Waals surface area contributed by atoms with Gasteiger partial charge >= 0.3 is 12.1 Å². The lowest BCUT2D eigenvalue weighted by molar-refractivity contribution is -0.137. The van der Waals surface area contributed by atoms with Gasteiger partial charge in [0, 0.05) is 30.0 Å². The van der Waals surface area contributed by atoms with Gasteiger partial charge in [0.2, 0.25) is 0 Å². The number of carboxylic acid groups (broad SMARTS) is 1. The molecule has 0 unspecified atom stereocenters. The highest BCUT2D eigenvalue weighted by molar-refractivity contribution is 9.10. The fraction of sp³-hybridized carbons (Fsp3) is 0.219. The SMILES string of the molecule is Cl.O=C(O)c1cc(OCCCN(Cc2cccc(C(F)(F)F)c2Cl)CC(c2ccccc2)c2ccccc2)ccc1Br. The summed E-state index contributed by atoms with van der Waals surface area (Å²) in [5.74, 6) is -0.684. The minimum Gasteiger partial charge on any atom is -0.494 e. The number of benzene rings is 4. The molecule has 42 heavy (non-hydrogen) atoms. The summed E-state index contributed by atoms with van der Waals surface area (Å²) in [6.07, 6.45) is -4.01. The van der Waals surface area contributed by atoms with Crippen molar-refractivity contribution < 1.29 is 27.8 Å². The Balaban J connectivity index is 0.00000484. The lowest BCUT2D eigenvalue weighted by atomic mass is 9.90. The number of carboxylic acids is 1. The number of rotatable bonds is 12. The smallest absolute Gasteiger partial charge is 0.417 e. The quantitative estimate of drug-likeness (QED) is 0.151. The molecule has 4 aromatic rings. The molecule has 0 bridgehead atoms. The molecule has 4 nitrogen and oxygen atoms in total. The van der Waals surface area contributed by atoms with Gasteiger partial charge in [0.15, 0.2) is 0 Å². The Bertz CT molecular complexity index is 1420. The number of halogens is 6. The number of hydrogen-bond donors (Lipinski definition) is 1. The van der Waals surface area contributed by atoms with E-state index in [2.05, 4.69) is 20.8 Å². The van der Waals surface area contributed by atoms with Crippen LogP contribution < -0.4 is 4.74 Å². The maximum Gasteiger partial charge on any atom is 0.417 e. The molecule has 0 fully saturated rings. The maximum atomic E-state index is 13.6. The first-order valence-corrected chi connectivity index (χ1v) is 14.1. The molecule has 222 valence electrons. The number of alkyl halides is 3. The molecule has 0 amide bonds. The number of nitrogens with zero attached hydrogens (tertiary/aromatic N) is 1. The molecule has 0 aliphatic heterocycles. The molecule has 0 atom stereocenters. The Morgan fingerprint density at radius 1 is 0.929 bits per heavy atom. The fourth-order valence-electron chi connectivity index (χ4n) is 4.67. The third kappa shape index (κ3) is 8.98. The number of aromatic carboxylic acids is 1. The van der Waals surface area contributed by atoms with Gasteiger partial charge < -0.3 is 9.84 Å². The highest BCUT2D eigenvalue weighted by Crippen LogP contribution is 2.37. The lowest BCUT2D eigenvalue weighted by Gasteiger charge is -2.29. The van der Waals surface area contributed by atoms with Crippen LogP contribution in [0.1, 0.15) is 45.0 Å². The van der Waals surface area contributed by atoms with Crippen LogP contribution in [0.5, 0.6) is 5.75 Å². The van der Waals surface area contributed by atoms with Gasteiger partial charge in [-0.2, -0.15) is 13.2 Å². The van der Waals surface area contributed by atoms with Crippen LogP contribution >= 0.6 is 39.9 Å². The molecule has 0 aliphatic rings. The van der Waals surface area contributed by atoms with Gasteiger partial charge in [-0.3, -0.25) is 4.90 Å². The van der Waals surface area contributed by atoms with Crippen molar-refractivity contribution in [3.63, 3.8) is 0 Å². The predicted octanol–water partition coefficient (Wildman–Crippen LogP) is 9.34. The first-order chi connectivity index (χ1) is 19.6. The summed E-state index contributed by atoms with van der Waals surface area (Å²) in [4.78, 5) is 13.5. The van der Waals surface area contributed by atoms with Gasteiger partial charge in [0.05, 0.1) is 22.8 Å². The van der Waals surface area contributed by atoms with E-state index < -0.39 is 17.7 Å². The fourth-order valence-corrected chi connectivity index (χ4v) is 5.37. The second kappa shape index (κ2) is 15.4. The Hall–Kier alpha value is -3.04. The molecule has 0 aromatic heterocycles. The van der Waals surface area contributed by atoms with Crippen LogP contribution in [0.2, 0.25) is 5.02 Å². The van der Waals surface area contributed by atoms with E-state index in [9.17, 15) is 23.1 Å². The molecule has 10 heteroatoms. The van der Waals surface area contributed by atoms with E-state index in [0.717, 1.165) is 17.2 Å². The Morgan fingerprint density at radius 3 is 2.12 bits per heavy atom. The summed E-state index contributed by atoms with van der Waals surface area (Å²) in [5.41, 5.74) is 1.81. The normalized spacial score (nSPS) is 11.4. The van der Waals surface area contributed by atoms with Gasteiger partial charge in [-0.25, -0.2) is 4.79 Å². The number of ether oxygens (including phenoxy) is 1. The third-order valence-corrected chi connectivity index (χ3v) is 7.82. The largest absolute Gasteiger partial charge is 0.494 e. The molecule has 4 rings (SSSR count). The van der Waals surface area contributed by atoms with Crippen LogP contribution in [-0.4, -0.2) is 35.7 Å². The zero-order valence-electron chi connectivity index (χ0n) is 22.4. The summed E-state index contributed by atoms with van der Waals surface area (Å²) >= 11 is 9.50. The van der Waals surface area contributed by atoms with Crippen LogP contribution in [0, 0.1) is 0 Å². The van der Waals surface area contributed by atoms with E-state index in [1.807, 2.05) is 60.7 Å². The summed E-state index contributed by atoms with van der Waals surface area (Å²) in [6, 6.07) is 28.7. The second-order valence-corrected chi connectivity index (χ2v) is 10.8. The van der Waals surface area contributed by atoms with Crippen LogP contribution in [0.4, 0.5) is 13.2 Å². The monoisotopic (exact) mass is 681 g/mol. The summed E-state index contributed by atoms with van der Waals surface area (Å²) in [5, 5.41) is 9.07. The van der Waals surface area contributed by atoms with Crippen LogP contribution in [0.25, 0.3) is 0 Å². The highest BCUT2D eigenvalue weighted by atomic mass is 79.9. The van der Waals surface area contributed by atoms with Crippen molar-refractivity contribution in [3.8, 4) is 5.75 Å². The molecule has 1 N–H and O–H groups in total. The molecule has 0 radical (unpaired) electrons. The Morgan fingerprint density at radius 2 is 1.55 bits per heavy atom. The second-order valence-electron chi connectivity index (χ2n) is 9.53. The van der Waals surface area contributed by atoms with E-state index in [4.69, 9.17) is 16.3 Å². The van der Waals surface area contributed by atoms with E-state index in [1.54, 1.807) is 18.2 Å². The van der Waals surface area contributed by atoms with Gasteiger partial charge in [0.25, 0.3) is 0 Å². The van der Waals surface area contributed by atoms with Gasteiger partial charge in [-0.15, -0.1) is 12.4 Å². The van der Waals surface area contributed by atoms with Crippen molar-refractivity contribution in [1.82, 2.24) is 4.90 Å². The molecular formula is C32H29BrCl2F3NO3. The highest BCUT2D eigenvalue weighted by Gasteiger charge is 2.34. The molecule has 0 aliphatic carbocycles. The van der Waals surface area contributed by atoms with E-state index >= 15 is 0 Å². The molecule has 0 heterocycles. The maximum absolute atomic E-state index is 13.6. The van der Waals surface area contributed by atoms with Crippen molar-refractivity contribution in [2.24, 2.45) is 0 Å². The first kappa shape index (κ1) is 33.5. The van der Waals surface area contributed by atoms with Crippen molar-refractivity contribution in [3.05, 3.63) is 134 Å². The molecule has 0 saturated carbocycles. The summed E-state index contributed by atoms with van der Waals surface area (Å²) in [6.45, 7) is 1.53. The van der Waals surface area contributed by atoms with Crippen molar-refractivity contribution >= 4 is 45.9 Å². The lowest BCUT2D eigenvalue weighted by Crippen LogP contribution is -2.31. The Kier molecular flexibility index (Phi) is 12.3. The predicted molar refractivity (Wildman–Crippen MR) is 165 cm³/mol. The van der Waals surface area contributed by atoms with E-state index in [-0.39, 0.29) is 42.1 Å². The standard InChI is InChI=1S/C32H28BrClF3NO3.ClH/c33-29-16-15-25(19-26(29)31(39)40)41-18-8-17-38(20-24-13-7-14-28(30(24)34)32(35,36)37)21-27(22-9-3-1-4-10-22)23-11-5-2-6-12-23;/h1-7,9-16,19,27H,8,17-18,20-21H2,(H,39,40);1H. The van der Waals surface area contributed by atoms with E-state index in [0.29, 0.717) is 35.3 Å². The molecular weight excluding hydrogens is 654 g/mol. The molecule has 4 aromatic carbocycles. The zero-order chi connectivity index (χ0) is 29.4. The minimum atomic E-state index is -4.55. The first-order valence-electron chi connectivity index (χ1n) is 13.0. The molecule has 0 spiro atoms. The third-order valence-electron chi connectivity index (χ3n) is 6.68. The summed E-state index contributed by atoms with van der Waals surface area (Å²) < 4.78 is 47.0. The topological polar surface area (TPSA) is 49.8 Å². The van der Waals surface area contributed by atoms with Gasteiger partial charge in [0.1, 0.15) is 5.75 Å². The van der Waals surface area contributed by atoms with Crippen molar-refractivity contribution in [1.29, 1.82) is 0 Å². The average molecular weight is 683 g/mol. The molecule has 0 saturated heterocycles. The van der Waals surface area contributed by atoms with Crippen LogP contribution in [0.3, 0.4) is 0 Å². The zero-order valence-corrected chi connectivity index (χ0v) is 25.5. The Labute approximate surface area is 262 Å². The average Bonchev–Trinajstić information content (AvgIpc) is 2.95. The minimum absolute atomic E-state index is 0. The summed E-state index contributed by atoms with van der Waals surface area (Å²) in [7, 11) is 0. The number of hydrogen-bond acceptors (Lipinski definition) is 3. The van der Waals surface area contributed by atoms with Gasteiger partial charge in [-0.05, 0) is 63.3 Å². The van der Waals surface area contributed by atoms with E-state index in [1.165, 1.54) is 12.1 Å².